The molecule has 0 aliphatic heterocycles. The number of rotatable bonds is 4. The number of aromatic nitrogens is 3. The molecule has 1 aliphatic carbocycles. The minimum atomic E-state index is -0.261. The average Bonchev–Trinajstić information content (AvgIpc) is 2.86. The van der Waals surface area contributed by atoms with Crippen molar-refractivity contribution in [2.75, 3.05) is 6.54 Å². The lowest BCUT2D eigenvalue weighted by Gasteiger charge is -2.33. The molecule has 1 amide bonds. The van der Waals surface area contributed by atoms with Gasteiger partial charge in [-0.15, -0.1) is 5.10 Å². The molecular formula is C16H22N4O2. The Labute approximate surface area is 129 Å². The molecule has 3 rings (SSSR count). The highest BCUT2D eigenvalue weighted by molar-refractivity contribution is 5.76. The van der Waals surface area contributed by atoms with Crippen LogP contribution in [0.1, 0.15) is 39.0 Å². The van der Waals surface area contributed by atoms with Crippen LogP contribution in [-0.2, 0) is 11.3 Å². The molecule has 0 bridgehead atoms. The zero-order chi connectivity index (χ0) is 15.5. The Morgan fingerprint density at radius 1 is 1.32 bits per heavy atom. The molecule has 2 aromatic rings. The first-order valence-electron chi connectivity index (χ1n) is 8.04. The van der Waals surface area contributed by atoms with Crippen LogP contribution in [0.2, 0.25) is 0 Å². The third-order valence-corrected chi connectivity index (χ3v) is 4.45. The van der Waals surface area contributed by atoms with Gasteiger partial charge in [0.15, 0.2) is 5.65 Å². The Hall–Kier alpha value is -2.11. The zero-order valence-corrected chi connectivity index (χ0v) is 12.9. The molecule has 1 aliphatic rings. The molecule has 22 heavy (non-hydrogen) atoms. The van der Waals surface area contributed by atoms with Crippen molar-refractivity contribution < 1.29 is 4.79 Å². The number of likely N-dealkylation sites (N-methyl/N-ethyl adjacent to an activating group) is 1. The zero-order valence-electron chi connectivity index (χ0n) is 12.9. The Morgan fingerprint density at radius 2 is 2.09 bits per heavy atom. The minimum absolute atomic E-state index is 0.0140. The van der Waals surface area contributed by atoms with Crippen molar-refractivity contribution >= 4 is 11.6 Å². The first-order valence-corrected chi connectivity index (χ1v) is 8.04. The maximum atomic E-state index is 12.6. The third kappa shape index (κ3) is 2.77. The van der Waals surface area contributed by atoms with Gasteiger partial charge in [0, 0.05) is 18.8 Å². The van der Waals surface area contributed by atoms with Gasteiger partial charge in [-0.1, -0.05) is 25.3 Å². The van der Waals surface area contributed by atoms with Crippen LogP contribution in [0.5, 0.6) is 0 Å². The second-order valence-corrected chi connectivity index (χ2v) is 5.84. The lowest BCUT2D eigenvalue weighted by molar-refractivity contribution is -0.134. The highest BCUT2D eigenvalue weighted by atomic mass is 16.2. The summed E-state index contributed by atoms with van der Waals surface area (Å²) >= 11 is 0. The topological polar surface area (TPSA) is 59.6 Å². The summed E-state index contributed by atoms with van der Waals surface area (Å²) in [6, 6.07) is 5.69. The van der Waals surface area contributed by atoms with Crippen molar-refractivity contribution in [1.29, 1.82) is 0 Å². The van der Waals surface area contributed by atoms with Crippen molar-refractivity contribution in [1.82, 2.24) is 19.1 Å². The molecule has 2 aromatic heterocycles. The molecule has 0 saturated heterocycles. The van der Waals surface area contributed by atoms with Crippen molar-refractivity contribution in [3.05, 3.63) is 34.9 Å². The summed E-state index contributed by atoms with van der Waals surface area (Å²) in [5.74, 6) is -0.0140. The van der Waals surface area contributed by atoms with Gasteiger partial charge in [0.05, 0.1) is 0 Å². The maximum Gasteiger partial charge on any atom is 0.350 e. The molecule has 6 heteroatoms. The summed E-state index contributed by atoms with van der Waals surface area (Å²) in [5, 5.41) is 4.23. The Morgan fingerprint density at radius 3 is 2.77 bits per heavy atom. The van der Waals surface area contributed by atoms with Gasteiger partial charge in [0.2, 0.25) is 5.91 Å². The molecule has 1 fully saturated rings. The molecule has 2 heterocycles. The summed E-state index contributed by atoms with van der Waals surface area (Å²) in [7, 11) is 0. The van der Waals surface area contributed by atoms with Gasteiger partial charge in [-0.2, -0.15) is 0 Å². The summed E-state index contributed by atoms with van der Waals surface area (Å²) < 4.78 is 2.73. The maximum absolute atomic E-state index is 12.6. The van der Waals surface area contributed by atoms with E-state index in [1.807, 2.05) is 17.9 Å². The molecule has 6 nitrogen and oxygen atoms in total. The second kappa shape index (κ2) is 6.34. The van der Waals surface area contributed by atoms with E-state index in [0.717, 1.165) is 12.8 Å². The van der Waals surface area contributed by atoms with Gasteiger partial charge in [-0.3, -0.25) is 9.20 Å². The van der Waals surface area contributed by atoms with Gasteiger partial charge in [-0.05, 0) is 31.9 Å². The monoisotopic (exact) mass is 302 g/mol. The van der Waals surface area contributed by atoms with Crippen LogP contribution in [0, 0.1) is 0 Å². The van der Waals surface area contributed by atoms with Gasteiger partial charge in [0.25, 0.3) is 0 Å². The van der Waals surface area contributed by atoms with Crippen molar-refractivity contribution in [2.24, 2.45) is 0 Å². The lowest BCUT2D eigenvalue weighted by atomic mass is 9.94. The lowest BCUT2D eigenvalue weighted by Crippen LogP contribution is -2.44. The normalized spacial score (nSPS) is 16.0. The van der Waals surface area contributed by atoms with Crippen LogP contribution in [-0.4, -0.2) is 37.6 Å². The molecule has 1 saturated carbocycles. The largest absolute Gasteiger partial charge is 0.350 e. The quantitative estimate of drug-likeness (QED) is 0.863. The summed E-state index contributed by atoms with van der Waals surface area (Å²) in [6.07, 6.45) is 7.43. The molecule has 0 aromatic carbocycles. The smallest absolute Gasteiger partial charge is 0.338 e. The molecule has 0 N–H and O–H groups in total. The van der Waals surface area contributed by atoms with Crippen LogP contribution >= 0.6 is 0 Å². The van der Waals surface area contributed by atoms with E-state index in [1.165, 1.54) is 28.3 Å². The first-order chi connectivity index (χ1) is 10.7. The van der Waals surface area contributed by atoms with Crippen LogP contribution in [0.3, 0.4) is 0 Å². The van der Waals surface area contributed by atoms with E-state index < -0.39 is 0 Å². The Balaban J connectivity index is 1.79. The number of carbonyl (C=O) groups excluding carboxylic acids is 1. The second-order valence-electron chi connectivity index (χ2n) is 5.84. The number of pyridine rings is 1. The highest BCUT2D eigenvalue weighted by Gasteiger charge is 2.25. The van der Waals surface area contributed by atoms with Crippen molar-refractivity contribution in [3.63, 3.8) is 0 Å². The highest BCUT2D eigenvalue weighted by Crippen LogP contribution is 2.22. The number of nitrogens with zero attached hydrogens (tertiary/aromatic N) is 4. The van der Waals surface area contributed by atoms with E-state index >= 15 is 0 Å². The van der Waals surface area contributed by atoms with Gasteiger partial charge < -0.3 is 4.90 Å². The van der Waals surface area contributed by atoms with Crippen LogP contribution in [0.25, 0.3) is 5.65 Å². The molecule has 118 valence electrons. The first kappa shape index (κ1) is 14.8. The van der Waals surface area contributed by atoms with E-state index in [9.17, 15) is 9.59 Å². The average molecular weight is 302 g/mol. The van der Waals surface area contributed by atoms with E-state index in [2.05, 4.69) is 5.10 Å². The predicted molar refractivity (Wildman–Crippen MR) is 83.7 cm³/mol. The Kier molecular flexibility index (Phi) is 4.27. The fraction of sp³-hybridized carbons (Fsp3) is 0.562. The number of fused-ring (bicyclic) bond motifs is 1. The number of hydrogen-bond acceptors (Lipinski definition) is 3. The van der Waals surface area contributed by atoms with E-state index in [1.54, 1.807) is 18.3 Å². The Bertz CT molecular complexity index is 712. The van der Waals surface area contributed by atoms with Crippen LogP contribution < -0.4 is 5.69 Å². The van der Waals surface area contributed by atoms with Crippen LogP contribution in [0.4, 0.5) is 0 Å². The third-order valence-electron chi connectivity index (χ3n) is 4.45. The van der Waals surface area contributed by atoms with E-state index in [-0.39, 0.29) is 18.1 Å². The molecule has 0 atom stereocenters. The summed E-state index contributed by atoms with van der Waals surface area (Å²) in [5.41, 5.74) is 0.310. The van der Waals surface area contributed by atoms with Crippen molar-refractivity contribution in [3.8, 4) is 0 Å². The molecular weight excluding hydrogens is 280 g/mol. The standard InChI is InChI=1S/C16H22N4O2/c1-2-18(13-8-4-3-5-9-13)15(21)12-20-16(22)19-11-7-6-10-14(19)17-20/h6-7,10-11,13H,2-5,8-9,12H2,1H3. The molecule has 0 unspecified atom stereocenters. The number of carbonyl (C=O) groups is 1. The summed E-state index contributed by atoms with van der Waals surface area (Å²) in [4.78, 5) is 26.7. The SMILES string of the molecule is CCN(C(=O)Cn1nc2ccccn2c1=O)C1CCCCC1. The summed E-state index contributed by atoms with van der Waals surface area (Å²) in [6.45, 7) is 2.70. The predicted octanol–water partition coefficient (Wildman–Crippen LogP) is 1.68. The number of hydrogen-bond donors (Lipinski definition) is 0. The van der Waals surface area contributed by atoms with Crippen LogP contribution in [0.15, 0.2) is 29.2 Å². The fourth-order valence-electron chi connectivity index (χ4n) is 3.32. The van der Waals surface area contributed by atoms with Gasteiger partial charge in [0.1, 0.15) is 6.54 Å². The van der Waals surface area contributed by atoms with Gasteiger partial charge in [-0.25, -0.2) is 9.48 Å². The minimum Gasteiger partial charge on any atom is -0.338 e. The molecule has 0 radical (unpaired) electrons. The number of amides is 1. The fourth-order valence-corrected chi connectivity index (χ4v) is 3.32. The van der Waals surface area contributed by atoms with E-state index in [0.29, 0.717) is 18.2 Å². The van der Waals surface area contributed by atoms with E-state index in [4.69, 9.17) is 0 Å². The van der Waals surface area contributed by atoms with Gasteiger partial charge >= 0.3 is 5.69 Å². The van der Waals surface area contributed by atoms with Crippen molar-refractivity contribution in [2.45, 2.75) is 51.6 Å². The molecule has 0 spiro atoms.